The van der Waals surface area contributed by atoms with Crippen molar-refractivity contribution in [1.82, 2.24) is 9.88 Å². The number of piperazine rings is 1. The van der Waals surface area contributed by atoms with E-state index in [1.165, 1.54) is 35.6 Å². The maximum atomic E-state index is 13.2. The third kappa shape index (κ3) is 3.94. The molecule has 0 aliphatic carbocycles. The molecular formula is C19H20F2N4S. The van der Waals surface area contributed by atoms with Gasteiger partial charge >= 0.3 is 0 Å². The summed E-state index contributed by atoms with van der Waals surface area (Å²) in [5.41, 5.74) is 1.90. The lowest BCUT2D eigenvalue weighted by atomic mass is 10.2. The van der Waals surface area contributed by atoms with Crippen molar-refractivity contribution in [2.45, 2.75) is 0 Å². The Bertz CT molecular complexity index is 873. The number of fused-ring (bicyclic) bond motifs is 1. The molecule has 4 nitrogen and oxygen atoms in total. The molecule has 7 heteroatoms. The highest BCUT2D eigenvalue weighted by Gasteiger charge is 2.17. The number of hydrogen-bond acceptors (Lipinski definition) is 5. The van der Waals surface area contributed by atoms with E-state index in [1.807, 2.05) is 12.1 Å². The number of hydrogen-bond donors (Lipinski definition) is 1. The van der Waals surface area contributed by atoms with Gasteiger partial charge in [0.05, 0.1) is 10.2 Å². The Kier molecular flexibility index (Phi) is 4.99. The molecule has 0 saturated carbocycles. The Labute approximate surface area is 155 Å². The van der Waals surface area contributed by atoms with Gasteiger partial charge in [0.1, 0.15) is 11.6 Å². The molecule has 0 bridgehead atoms. The van der Waals surface area contributed by atoms with Crippen LogP contribution in [-0.2, 0) is 0 Å². The van der Waals surface area contributed by atoms with Gasteiger partial charge in [-0.1, -0.05) is 11.3 Å². The van der Waals surface area contributed by atoms with E-state index in [4.69, 9.17) is 0 Å². The fourth-order valence-electron chi connectivity index (χ4n) is 3.18. The summed E-state index contributed by atoms with van der Waals surface area (Å²) in [6.45, 7) is 5.56. The van der Waals surface area contributed by atoms with E-state index in [0.29, 0.717) is 0 Å². The Morgan fingerprint density at radius 2 is 1.69 bits per heavy atom. The lowest BCUT2D eigenvalue weighted by molar-refractivity contribution is 0.267. The Morgan fingerprint density at radius 1 is 0.962 bits per heavy atom. The highest BCUT2D eigenvalue weighted by Crippen LogP contribution is 2.26. The number of halogens is 2. The van der Waals surface area contributed by atoms with Crippen LogP contribution in [0.2, 0.25) is 0 Å². The van der Waals surface area contributed by atoms with Crippen LogP contribution in [-0.4, -0.2) is 49.2 Å². The van der Waals surface area contributed by atoms with Crippen LogP contribution in [0.25, 0.3) is 10.2 Å². The molecule has 3 aromatic rings. The van der Waals surface area contributed by atoms with Crippen LogP contribution in [0.15, 0.2) is 42.5 Å². The minimum atomic E-state index is -0.230. The van der Waals surface area contributed by atoms with Crippen molar-refractivity contribution in [3.63, 3.8) is 0 Å². The van der Waals surface area contributed by atoms with Crippen LogP contribution < -0.4 is 10.2 Å². The molecule has 0 amide bonds. The van der Waals surface area contributed by atoms with Gasteiger partial charge in [0.15, 0.2) is 5.13 Å². The summed E-state index contributed by atoms with van der Waals surface area (Å²) >= 11 is 1.48. The van der Waals surface area contributed by atoms with Crippen LogP contribution in [0.3, 0.4) is 0 Å². The van der Waals surface area contributed by atoms with Gasteiger partial charge in [-0.15, -0.1) is 0 Å². The van der Waals surface area contributed by atoms with Crippen LogP contribution in [0, 0.1) is 11.6 Å². The number of rotatable bonds is 5. The van der Waals surface area contributed by atoms with E-state index < -0.39 is 0 Å². The van der Waals surface area contributed by atoms with E-state index >= 15 is 0 Å². The fourth-order valence-corrected chi connectivity index (χ4v) is 4.09. The highest BCUT2D eigenvalue weighted by atomic mass is 32.1. The van der Waals surface area contributed by atoms with Gasteiger partial charge in [0.25, 0.3) is 0 Å². The number of anilines is 2. The molecule has 1 saturated heterocycles. The van der Waals surface area contributed by atoms with Crippen molar-refractivity contribution in [3.8, 4) is 0 Å². The predicted molar refractivity (Wildman–Crippen MR) is 103 cm³/mol. The second kappa shape index (κ2) is 7.55. The monoisotopic (exact) mass is 374 g/mol. The van der Waals surface area contributed by atoms with Crippen molar-refractivity contribution in [2.75, 3.05) is 49.5 Å². The standard InChI is InChI=1S/C19H20F2N4S/c20-14-1-4-16(5-2-14)25-11-9-24(10-12-25)8-7-22-19-23-17-6-3-15(21)13-18(17)26-19/h1-6,13H,7-12H2,(H,22,23). The van der Waals surface area contributed by atoms with E-state index in [2.05, 4.69) is 20.1 Å². The van der Waals surface area contributed by atoms with Gasteiger partial charge in [-0.3, -0.25) is 4.90 Å². The average molecular weight is 374 g/mol. The Hall–Kier alpha value is -2.25. The van der Waals surface area contributed by atoms with E-state index in [9.17, 15) is 8.78 Å². The molecule has 1 fully saturated rings. The molecule has 0 radical (unpaired) electrons. The van der Waals surface area contributed by atoms with Crippen LogP contribution >= 0.6 is 11.3 Å². The maximum absolute atomic E-state index is 13.2. The molecule has 1 aromatic heterocycles. The molecule has 4 rings (SSSR count). The number of aromatic nitrogens is 1. The molecule has 0 atom stereocenters. The molecule has 1 N–H and O–H groups in total. The molecule has 0 unspecified atom stereocenters. The Balaban J connectivity index is 1.25. The number of thiazole rings is 1. The largest absolute Gasteiger partial charge is 0.369 e. The zero-order chi connectivity index (χ0) is 17.9. The van der Waals surface area contributed by atoms with Gasteiger partial charge in [0, 0.05) is 45.0 Å². The molecular weight excluding hydrogens is 354 g/mol. The Morgan fingerprint density at radius 3 is 2.46 bits per heavy atom. The van der Waals surface area contributed by atoms with E-state index in [0.717, 1.165) is 60.3 Å². The summed E-state index contributed by atoms with van der Waals surface area (Å²) in [6.07, 6.45) is 0. The summed E-state index contributed by atoms with van der Waals surface area (Å²) in [6, 6.07) is 11.4. The normalized spacial score (nSPS) is 15.5. The van der Waals surface area contributed by atoms with Gasteiger partial charge in [0.2, 0.25) is 0 Å². The minimum Gasteiger partial charge on any atom is -0.369 e. The minimum absolute atomic E-state index is 0.198. The quantitative estimate of drug-likeness (QED) is 0.736. The SMILES string of the molecule is Fc1ccc(N2CCN(CCNc3nc4ccc(F)cc4s3)CC2)cc1. The van der Waals surface area contributed by atoms with E-state index in [-0.39, 0.29) is 11.6 Å². The van der Waals surface area contributed by atoms with Gasteiger partial charge in [-0.25, -0.2) is 13.8 Å². The maximum Gasteiger partial charge on any atom is 0.183 e. The fraction of sp³-hybridized carbons (Fsp3) is 0.316. The first-order valence-corrected chi connectivity index (χ1v) is 9.52. The van der Waals surface area contributed by atoms with Gasteiger partial charge in [-0.2, -0.15) is 0 Å². The lowest BCUT2D eigenvalue weighted by Gasteiger charge is -2.36. The van der Waals surface area contributed by atoms with Gasteiger partial charge < -0.3 is 10.2 Å². The van der Waals surface area contributed by atoms with E-state index in [1.54, 1.807) is 6.07 Å². The number of benzene rings is 2. The molecule has 1 aliphatic heterocycles. The molecule has 26 heavy (non-hydrogen) atoms. The zero-order valence-corrected chi connectivity index (χ0v) is 15.1. The molecule has 1 aliphatic rings. The van der Waals surface area contributed by atoms with Crippen molar-refractivity contribution < 1.29 is 8.78 Å². The summed E-state index contributed by atoms with van der Waals surface area (Å²) in [4.78, 5) is 9.16. The lowest BCUT2D eigenvalue weighted by Crippen LogP contribution is -2.47. The van der Waals surface area contributed by atoms with Crippen molar-refractivity contribution in [3.05, 3.63) is 54.1 Å². The van der Waals surface area contributed by atoms with Crippen LogP contribution in [0.4, 0.5) is 19.6 Å². The first-order valence-electron chi connectivity index (χ1n) is 8.70. The number of nitrogens with one attached hydrogen (secondary N) is 1. The summed E-state index contributed by atoms with van der Waals surface area (Å²) in [7, 11) is 0. The van der Waals surface area contributed by atoms with Crippen molar-refractivity contribution in [2.24, 2.45) is 0 Å². The second-order valence-electron chi connectivity index (χ2n) is 6.36. The van der Waals surface area contributed by atoms with Crippen molar-refractivity contribution in [1.29, 1.82) is 0 Å². The van der Waals surface area contributed by atoms with Crippen molar-refractivity contribution >= 4 is 32.4 Å². The molecule has 2 heterocycles. The first kappa shape index (κ1) is 17.2. The predicted octanol–water partition coefficient (Wildman–Crippen LogP) is 3.81. The summed E-state index contributed by atoms with van der Waals surface area (Å²) < 4.78 is 27.1. The first-order chi connectivity index (χ1) is 12.7. The second-order valence-corrected chi connectivity index (χ2v) is 7.39. The highest BCUT2D eigenvalue weighted by molar-refractivity contribution is 7.22. The van der Waals surface area contributed by atoms with Gasteiger partial charge in [-0.05, 0) is 42.5 Å². The molecule has 0 spiro atoms. The molecule has 2 aromatic carbocycles. The summed E-state index contributed by atoms with van der Waals surface area (Å²) in [5.74, 6) is -0.428. The topological polar surface area (TPSA) is 31.4 Å². The average Bonchev–Trinajstić information content (AvgIpc) is 3.05. The smallest absolute Gasteiger partial charge is 0.183 e. The third-order valence-electron chi connectivity index (χ3n) is 4.62. The van der Waals surface area contributed by atoms with Crippen LogP contribution in [0.5, 0.6) is 0 Å². The van der Waals surface area contributed by atoms with Crippen LogP contribution in [0.1, 0.15) is 0 Å². The number of nitrogens with zero attached hydrogens (tertiary/aromatic N) is 3. The zero-order valence-electron chi connectivity index (χ0n) is 14.3. The summed E-state index contributed by atoms with van der Waals surface area (Å²) in [5, 5.41) is 4.17. The third-order valence-corrected chi connectivity index (χ3v) is 5.59. The molecule has 136 valence electrons.